The van der Waals surface area contributed by atoms with Gasteiger partial charge in [-0.25, -0.2) is 4.98 Å². The number of ether oxygens (including phenoxy) is 2. The highest BCUT2D eigenvalue weighted by Crippen LogP contribution is 2.30. The van der Waals surface area contributed by atoms with E-state index in [2.05, 4.69) is 22.1 Å². The van der Waals surface area contributed by atoms with E-state index in [-0.39, 0.29) is 0 Å². The van der Waals surface area contributed by atoms with E-state index in [0.717, 1.165) is 24.2 Å². The Labute approximate surface area is 106 Å². The van der Waals surface area contributed by atoms with Gasteiger partial charge in [0.2, 0.25) is 0 Å². The van der Waals surface area contributed by atoms with Gasteiger partial charge in [-0.2, -0.15) is 5.10 Å². The number of hydrogen-bond acceptors (Lipinski definition) is 4. The fraction of sp³-hybridized carbons (Fsp3) is 0.385. The summed E-state index contributed by atoms with van der Waals surface area (Å²) in [5.74, 6) is 2.96. The number of aryl methyl sites for hydroxylation is 1. The lowest BCUT2D eigenvalue weighted by atomic mass is 10.2. The third-order valence-corrected chi connectivity index (χ3v) is 2.66. The van der Waals surface area contributed by atoms with Gasteiger partial charge in [0.25, 0.3) is 0 Å². The highest BCUT2D eigenvalue weighted by molar-refractivity contribution is 5.60. The molecular weight excluding hydrogens is 230 g/mol. The molecule has 1 N–H and O–H groups in total. The van der Waals surface area contributed by atoms with Crippen LogP contribution < -0.4 is 9.47 Å². The summed E-state index contributed by atoms with van der Waals surface area (Å²) >= 11 is 0. The average Bonchev–Trinajstić information content (AvgIpc) is 2.87. The second-order valence-corrected chi connectivity index (χ2v) is 3.93. The van der Waals surface area contributed by atoms with Crippen molar-refractivity contribution in [2.75, 3.05) is 14.2 Å². The van der Waals surface area contributed by atoms with Crippen molar-refractivity contribution in [1.29, 1.82) is 0 Å². The molecule has 0 aliphatic heterocycles. The molecule has 1 aromatic heterocycles. The zero-order valence-corrected chi connectivity index (χ0v) is 10.9. The normalized spacial score (nSPS) is 10.4. The number of methoxy groups -OCH3 is 2. The summed E-state index contributed by atoms with van der Waals surface area (Å²) in [5.41, 5.74) is 0.909. The number of benzene rings is 1. The zero-order valence-electron chi connectivity index (χ0n) is 10.9. The van der Waals surface area contributed by atoms with E-state index in [1.54, 1.807) is 14.2 Å². The monoisotopic (exact) mass is 247 g/mol. The molecule has 0 saturated heterocycles. The summed E-state index contributed by atoms with van der Waals surface area (Å²) in [6, 6.07) is 5.64. The van der Waals surface area contributed by atoms with Gasteiger partial charge < -0.3 is 9.47 Å². The van der Waals surface area contributed by atoms with E-state index in [1.165, 1.54) is 0 Å². The standard InChI is InChI=1S/C13H17N3O2/c1-4-5-12-14-13(16-15-12)9-6-7-10(17-2)11(8-9)18-3/h6-8H,4-5H2,1-3H3,(H,14,15,16). The van der Waals surface area contributed by atoms with Gasteiger partial charge in [-0.1, -0.05) is 6.92 Å². The smallest absolute Gasteiger partial charge is 0.181 e. The molecule has 1 heterocycles. The summed E-state index contributed by atoms with van der Waals surface area (Å²) in [4.78, 5) is 4.44. The molecule has 0 radical (unpaired) electrons. The summed E-state index contributed by atoms with van der Waals surface area (Å²) in [7, 11) is 3.23. The minimum Gasteiger partial charge on any atom is -0.493 e. The van der Waals surface area contributed by atoms with Crippen LogP contribution in [-0.4, -0.2) is 29.4 Å². The molecule has 96 valence electrons. The van der Waals surface area contributed by atoms with Crippen LogP contribution in [-0.2, 0) is 6.42 Å². The minimum absolute atomic E-state index is 0.678. The Morgan fingerprint density at radius 3 is 2.61 bits per heavy atom. The third-order valence-electron chi connectivity index (χ3n) is 2.66. The molecule has 0 aliphatic carbocycles. The summed E-state index contributed by atoms with van der Waals surface area (Å²) in [6.45, 7) is 2.11. The Bertz CT molecular complexity index is 523. The number of nitrogens with zero attached hydrogens (tertiary/aromatic N) is 2. The van der Waals surface area contributed by atoms with Crippen molar-refractivity contribution < 1.29 is 9.47 Å². The Morgan fingerprint density at radius 1 is 1.17 bits per heavy atom. The molecule has 0 fully saturated rings. The fourth-order valence-electron chi connectivity index (χ4n) is 1.75. The average molecular weight is 247 g/mol. The SMILES string of the molecule is CCCc1nc(-c2ccc(OC)c(OC)c2)n[nH]1. The van der Waals surface area contributed by atoms with Gasteiger partial charge in [-0.05, 0) is 24.6 Å². The topological polar surface area (TPSA) is 60.0 Å². The number of H-pyrrole nitrogens is 1. The number of hydrogen-bond donors (Lipinski definition) is 1. The second kappa shape index (κ2) is 5.53. The van der Waals surface area contributed by atoms with Gasteiger partial charge in [0.15, 0.2) is 17.3 Å². The molecule has 2 aromatic rings. The molecule has 1 aromatic carbocycles. The van der Waals surface area contributed by atoms with Crippen molar-refractivity contribution in [3.05, 3.63) is 24.0 Å². The van der Waals surface area contributed by atoms with E-state index in [4.69, 9.17) is 9.47 Å². The van der Waals surface area contributed by atoms with Crippen LogP contribution in [0.5, 0.6) is 11.5 Å². The van der Waals surface area contributed by atoms with Crippen molar-refractivity contribution in [3.63, 3.8) is 0 Å². The molecule has 5 nitrogen and oxygen atoms in total. The van der Waals surface area contributed by atoms with Crippen molar-refractivity contribution in [3.8, 4) is 22.9 Å². The predicted octanol–water partition coefficient (Wildman–Crippen LogP) is 2.44. The van der Waals surface area contributed by atoms with Gasteiger partial charge >= 0.3 is 0 Å². The van der Waals surface area contributed by atoms with Crippen LogP contribution in [0.15, 0.2) is 18.2 Å². The highest BCUT2D eigenvalue weighted by atomic mass is 16.5. The van der Waals surface area contributed by atoms with Crippen LogP contribution in [0.25, 0.3) is 11.4 Å². The molecule has 5 heteroatoms. The van der Waals surface area contributed by atoms with Crippen molar-refractivity contribution in [2.24, 2.45) is 0 Å². The quantitative estimate of drug-likeness (QED) is 0.881. The van der Waals surface area contributed by atoms with Gasteiger partial charge in [0, 0.05) is 12.0 Å². The Balaban J connectivity index is 2.31. The third kappa shape index (κ3) is 2.45. The fourth-order valence-corrected chi connectivity index (χ4v) is 1.75. The minimum atomic E-state index is 0.678. The molecule has 2 rings (SSSR count). The zero-order chi connectivity index (χ0) is 13.0. The van der Waals surface area contributed by atoms with Crippen LogP contribution in [0.3, 0.4) is 0 Å². The molecule has 0 amide bonds. The second-order valence-electron chi connectivity index (χ2n) is 3.93. The molecule has 0 bridgehead atoms. The van der Waals surface area contributed by atoms with E-state index in [9.17, 15) is 0 Å². The van der Waals surface area contributed by atoms with Crippen molar-refractivity contribution in [1.82, 2.24) is 15.2 Å². The molecule has 0 unspecified atom stereocenters. The molecule has 0 saturated carbocycles. The van der Waals surface area contributed by atoms with E-state index in [0.29, 0.717) is 17.3 Å². The van der Waals surface area contributed by atoms with Gasteiger partial charge in [-0.3, -0.25) is 5.10 Å². The van der Waals surface area contributed by atoms with Crippen LogP contribution in [0.2, 0.25) is 0 Å². The molecule has 0 atom stereocenters. The van der Waals surface area contributed by atoms with Crippen LogP contribution in [0.4, 0.5) is 0 Å². The summed E-state index contributed by atoms with van der Waals surface area (Å²) in [6.07, 6.45) is 1.95. The Hall–Kier alpha value is -2.04. The molecule has 0 spiro atoms. The molecule has 0 aliphatic rings. The largest absolute Gasteiger partial charge is 0.493 e. The first-order chi connectivity index (χ1) is 8.78. The number of aromatic nitrogens is 3. The van der Waals surface area contributed by atoms with Gasteiger partial charge in [0.1, 0.15) is 5.82 Å². The first-order valence-electron chi connectivity index (χ1n) is 5.92. The first-order valence-corrected chi connectivity index (χ1v) is 5.92. The molecule has 18 heavy (non-hydrogen) atoms. The lowest BCUT2D eigenvalue weighted by Crippen LogP contribution is -1.91. The number of aromatic amines is 1. The summed E-state index contributed by atoms with van der Waals surface area (Å²) < 4.78 is 10.5. The lowest BCUT2D eigenvalue weighted by Gasteiger charge is -2.07. The predicted molar refractivity (Wildman–Crippen MR) is 68.9 cm³/mol. The highest BCUT2D eigenvalue weighted by Gasteiger charge is 2.09. The number of rotatable bonds is 5. The van der Waals surface area contributed by atoms with Crippen LogP contribution >= 0.6 is 0 Å². The summed E-state index contributed by atoms with van der Waals surface area (Å²) in [5, 5.41) is 7.14. The van der Waals surface area contributed by atoms with Gasteiger partial charge in [0.05, 0.1) is 14.2 Å². The maximum Gasteiger partial charge on any atom is 0.181 e. The maximum absolute atomic E-state index is 5.26. The molecular formula is C13H17N3O2. The van der Waals surface area contributed by atoms with Crippen molar-refractivity contribution in [2.45, 2.75) is 19.8 Å². The van der Waals surface area contributed by atoms with E-state index >= 15 is 0 Å². The van der Waals surface area contributed by atoms with Crippen LogP contribution in [0, 0.1) is 0 Å². The van der Waals surface area contributed by atoms with Gasteiger partial charge in [-0.15, -0.1) is 0 Å². The Kier molecular flexibility index (Phi) is 3.82. The van der Waals surface area contributed by atoms with E-state index < -0.39 is 0 Å². The number of nitrogens with one attached hydrogen (secondary N) is 1. The maximum atomic E-state index is 5.26. The van der Waals surface area contributed by atoms with E-state index in [1.807, 2.05) is 18.2 Å². The van der Waals surface area contributed by atoms with Crippen LogP contribution in [0.1, 0.15) is 19.2 Å². The first kappa shape index (κ1) is 12.4. The van der Waals surface area contributed by atoms with Crippen molar-refractivity contribution >= 4 is 0 Å². The Morgan fingerprint density at radius 2 is 1.94 bits per heavy atom. The lowest BCUT2D eigenvalue weighted by molar-refractivity contribution is 0.355.